The van der Waals surface area contributed by atoms with Gasteiger partial charge >= 0.3 is 0 Å². The summed E-state index contributed by atoms with van der Waals surface area (Å²) >= 11 is 3.32. The van der Waals surface area contributed by atoms with Crippen molar-refractivity contribution in [1.82, 2.24) is 5.32 Å². The zero-order chi connectivity index (χ0) is 14.5. The Morgan fingerprint density at radius 1 is 1.40 bits per heavy atom. The van der Waals surface area contributed by atoms with Gasteiger partial charge in [-0.05, 0) is 43.7 Å². The molecule has 0 bridgehead atoms. The Hall–Kier alpha value is -1.17. The van der Waals surface area contributed by atoms with Gasteiger partial charge in [0.25, 0.3) is 0 Å². The number of benzene rings is 1. The van der Waals surface area contributed by atoms with Crippen LogP contribution >= 0.6 is 15.9 Å². The number of halogens is 2. The summed E-state index contributed by atoms with van der Waals surface area (Å²) in [4.78, 5) is 0. The van der Waals surface area contributed by atoms with E-state index in [-0.39, 0.29) is 11.9 Å². The quantitative estimate of drug-likeness (QED) is 0.840. The van der Waals surface area contributed by atoms with E-state index in [1.807, 2.05) is 6.92 Å². The number of hydrogen-bond donors (Lipinski definition) is 2. The number of rotatable bonds is 6. The summed E-state index contributed by atoms with van der Waals surface area (Å²) in [6.07, 6.45) is 1.39. The van der Waals surface area contributed by atoms with Crippen LogP contribution < -0.4 is 5.32 Å². The van der Waals surface area contributed by atoms with Crippen LogP contribution in [-0.2, 0) is 6.54 Å². The predicted molar refractivity (Wildman–Crippen MR) is 78.7 cm³/mol. The topological polar surface area (TPSA) is 45.4 Å². The van der Waals surface area contributed by atoms with E-state index in [0.717, 1.165) is 4.47 Å². The first kappa shape index (κ1) is 15.2. The number of nitrogens with one attached hydrogen (secondary N) is 1. The van der Waals surface area contributed by atoms with Crippen molar-refractivity contribution in [3.8, 4) is 0 Å². The maximum Gasteiger partial charge on any atom is 0.132 e. The first-order valence-electron chi connectivity index (χ1n) is 6.45. The van der Waals surface area contributed by atoms with Crippen LogP contribution in [0.2, 0.25) is 0 Å². The Morgan fingerprint density at radius 2 is 2.20 bits per heavy atom. The zero-order valence-electron chi connectivity index (χ0n) is 11.1. The largest absolute Gasteiger partial charge is 0.467 e. The Morgan fingerprint density at radius 3 is 2.90 bits per heavy atom. The van der Waals surface area contributed by atoms with E-state index < -0.39 is 6.10 Å². The van der Waals surface area contributed by atoms with Gasteiger partial charge < -0.3 is 14.8 Å². The number of aliphatic hydroxyl groups is 1. The average Bonchev–Trinajstić information content (AvgIpc) is 2.94. The molecule has 2 atom stereocenters. The Labute approximate surface area is 125 Å². The van der Waals surface area contributed by atoms with E-state index in [1.54, 1.807) is 24.3 Å². The van der Waals surface area contributed by atoms with Crippen LogP contribution in [0, 0.1) is 5.82 Å². The lowest BCUT2D eigenvalue weighted by Gasteiger charge is -2.17. The second-order valence-electron chi connectivity index (χ2n) is 4.78. The van der Waals surface area contributed by atoms with Gasteiger partial charge in [0, 0.05) is 22.6 Å². The third-order valence-corrected chi connectivity index (χ3v) is 3.59. The lowest BCUT2D eigenvalue weighted by Crippen LogP contribution is -2.27. The van der Waals surface area contributed by atoms with E-state index in [2.05, 4.69) is 21.2 Å². The second-order valence-corrected chi connectivity index (χ2v) is 5.70. The molecule has 0 radical (unpaired) electrons. The standard InChI is InChI=1S/C15H17BrFNO2/c1-10(7-14(19)15-3-2-6-20-15)18-9-11-8-12(16)4-5-13(11)17/h2-6,8,10,14,18-19H,7,9H2,1H3. The molecule has 5 heteroatoms. The predicted octanol–water partition coefficient (Wildman–Crippen LogP) is 3.78. The van der Waals surface area contributed by atoms with Crippen LogP contribution in [0.1, 0.15) is 30.8 Å². The molecule has 0 aliphatic heterocycles. The molecule has 0 saturated carbocycles. The molecule has 0 amide bonds. The fourth-order valence-corrected chi connectivity index (χ4v) is 2.39. The van der Waals surface area contributed by atoms with Gasteiger partial charge in [0.1, 0.15) is 17.7 Å². The number of aliphatic hydroxyl groups excluding tert-OH is 1. The normalized spacial score (nSPS) is 14.2. The highest BCUT2D eigenvalue weighted by molar-refractivity contribution is 9.10. The van der Waals surface area contributed by atoms with Gasteiger partial charge in [-0.1, -0.05) is 15.9 Å². The van der Waals surface area contributed by atoms with Gasteiger partial charge in [-0.15, -0.1) is 0 Å². The van der Waals surface area contributed by atoms with Crippen molar-refractivity contribution in [1.29, 1.82) is 0 Å². The van der Waals surface area contributed by atoms with E-state index in [4.69, 9.17) is 4.42 Å². The smallest absolute Gasteiger partial charge is 0.132 e. The van der Waals surface area contributed by atoms with Gasteiger partial charge in [0.15, 0.2) is 0 Å². The zero-order valence-corrected chi connectivity index (χ0v) is 12.7. The molecule has 1 aromatic carbocycles. The fraction of sp³-hybridized carbons (Fsp3) is 0.333. The number of hydrogen-bond acceptors (Lipinski definition) is 3. The van der Waals surface area contributed by atoms with Crippen molar-refractivity contribution in [3.05, 3.63) is 58.2 Å². The van der Waals surface area contributed by atoms with Crippen LogP contribution in [0.4, 0.5) is 4.39 Å². The Bertz CT molecular complexity index is 545. The molecule has 108 valence electrons. The first-order chi connectivity index (χ1) is 9.56. The molecule has 1 heterocycles. The summed E-state index contributed by atoms with van der Waals surface area (Å²) in [6.45, 7) is 2.36. The minimum absolute atomic E-state index is 0.0356. The minimum Gasteiger partial charge on any atom is -0.467 e. The van der Waals surface area contributed by atoms with Crippen LogP contribution in [-0.4, -0.2) is 11.1 Å². The average molecular weight is 342 g/mol. The summed E-state index contributed by atoms with van der Waals surface area (Å²) in [6, 6.07) is 8.37. The Kier molecular flexibility index (Phi) is 5.34. The van der Waals surface area contributed by atoms with Crippen molar-refractivity contribution in [2.24, 2.45) is 0 Å². The molecule has 0 aliphatic carbocycles. The van der Waals surface area contributed by atoms with E-state index in [9.17, 15) is 9.50 Å². The minimum atomic E-state index is -0.653. The molecule has 20 heavy (non-hydrogen) atoms. The molecule has 2 N–H and O–H groups in total. The van der Waals surface area contributed by atoms with E-state index >= 15 is 0 Å². The number of furan rings is 1. The lowest BCUT2D eigenvalue weighted by atomic mass is 10.1. The summed E-state index contributed by atoms with van der Waals surface area (Å²) < 4.78 is 19.6. The van der Waals surface area contributed by atoms with Crippen molar-refractivity contribution >= 4 is 15.9 Å². The molecule has 2 rings (SSSR count). The van der Waals surface area contributed by atoms with Crippen LogP contribution in [0.5, 0.6) is 0 Å². The molecule has 0 spiro atoms. The SMILES string of the molecule is CC(CC(O)c1ccco1)NCc1cc(Br)ccc1F. The van der Waals surface area contributed by atoms with Gasteiger partial charge in [0.05, 0.1) is 6.26 Å². The lowest BCUT2D eigenvalue weighted by molar-refractivity contribution is 0.128. The highest BCUT2D eigenvalue weighted by Gasteiger charge is 2.14. The first-order valence-corrected chi connectivity index (χ1v) is 7.24. The maximum absolute atomic E-state index is 13.6. The molecule has 0 saturated heterocycles. The molecule has 0 aliphatic rings. The molecule has 2 unspecified atom stereocenters. The second kappa shape index (κ2) is 7.02. The van der Waals surface area contributed by atoms with Crippen LogP contribution in [0.15, 0.2) is 45.5 Å². The van der Waals surface area contributed by atoms with Crippen molar-refractivity contribution in [2.45, 2.75) is 32.0 Å². The van der Waals surface area contributed by atoms with Gasteiger partial charge in [0.2, 0.25) is 0 Å². The third kappa shape index (κ3) is 4.16. The third-order valence-electron chi connectivity index (χ3n) is 3.10. The van der Waals surface area contributed by atoms with E-state index in [0.29, 0.717) is 24.3 Å². The van der Waals surface area contributed by atoms with Gasteiger partial charge in [-0.2, -0.15) is 0 Å². The monoisotopic (exact) mass is 341 g/mol. The Balaban J connectivity index is 1.86. The van der Waals surface area contributed by atoms with Crippen LogP contribution in [0.3, 0.4) is 0 Å². The fourth-order valence-electron chi connectivity index (χ4n) is 1.98. The maximum atomic E-state index is 13.6. The highest BCUT2D eigenvalue weighted by atomic mass is 79.9. The van der Waals surface area contributed by atoms with Crippen LogP contribution in [0.25, 0.3) is 0 Å². The van der Waals surface area contributed by atoms with Gasteiger partial charge in [-0.3, -0.25) is 0 Å². The van der Waals surface area contributed by atoms with Crippen molar-refractivity contribution in [3.63, 3.8) is 0 Å². The molecule has 1 aromatic heterocycles. The summed E-state index contributed by atoms with van der Waals surface area (Å²) in [7, 11) is 0. The highest BCUT2D eigenvalue weighted by Crippen LogP contribution is 2.19. The van der Waals surface area contributed by atoms with E-state index in [1.165, 1.54) is 12.3 Å². The molecule has 0 fully saturated rings. The summed E-state index contributed by atoms with van der Waals surface area (Å²) in [5, 5.41) is 13.2. The summed E-state index contributed by atoms with van der Waals surface area (Å²) in [5.41, 5.74) is 0.596. The molecule has 2 aromatic rings. The van der Waals surface area contributed by atoms with Crippen molar-refractivity contribution < 1.29 is 13.9 Å². The van der Waals surface area contributed by atoms with Crippen molar-refractivity contribution in [2.75, 3.05) is 0 Å². The molecule has 3 nitrogen and oxygen atoms in total. The molecular weight excluding hydrogens is 325 g/mol. The molecular formula is C15H17BrFNO2. The summed E-state index contributed by atoms with van der Waals surface area (Å²) in [5.74, 6) is 0.312. The van der Waals surface area contributed by atoms with Gasteiger partial charge in [-0.25, -0.2) is 4.39 Å².